The smallest absolute Gasteiger partial charge is 0.317 e. The number of rotatable bonds is 20. The molecule has 33 atom stereocenters. The molecule has 5 aliphatic heterocycles. The van der Waals surface area contributed by atoms with E-state index in [4.69, 9.17) is 57.2 Å². The van der Waals surface area contributed by atoms with Crippen LogP contribution in [-0.4, -0.2) is 286 Å². The number of aliphatic carboxylic acids is 1. The van der Waals surface area contributed by atoms with Crippen molar-refractivity contribution >= 4 is 11.9 Å². The molecule has 9 aliphatic rings. The average Bonchev–Trinajstić information content (AvgIpc) is 1.21. The first kappa shape index (κ1) is 72.0. The molecular weight excluding hydrogens is 1200 g/mol. The fourth-order valence-corrected chi connectivity index (χ4v) is 17.5. The number of aliphatic hydroxyl groups excluding tert-OH is 15. The largest absolute Gasteiger partial charge is 0.481 e. The fraction of sp³-hybridized carbons (Fsp3) is 0.934. The number of carboxylic acids is 1. The number of aliphatic hydroxyl groups is 15. The molecule has 0 unspecified atom stereocenters. The molecule has 0 amide bonds. The van der Waals surface area contributed by atoms with Crippen LogP contribution in [0.25, 0.3) is 0 Å². The van der Waals surface area contributed by atoms with Crippen LogP contribution in [0, 0.1) is 45.3 Å². The average molecular weight is 1300 g/mol. The van der Waals surface area contributed by atoms with Crippen LogP contribution in [0.3, 0.4) is 0 Å². The summed E-state index contributed by atoms with van der Waals surface area (Å²) in [6.45, 7) is 14.2. The van der Waals surface area contributed by atoms with E-state index < -0.39 is 208 Å². The number of carbonyl (C=O) groups is 2. The van der Waals surface area contributed by atoms with Crippen molar-refractivity contribution in [3.63, 3.8) is 0 Å². The quantitative estimate of drug-likeness (QED) is 0.0249. The second-order valence-electron chi connectivity index (χ2n) is 28.7. The molecule has 4 aliphatic carbocycles. The molecule has 0 aromatic rings. The van der Waals surface area contributed by atoms with E-state index in [1.54, 1.807) is 0 Å². The first-order chi connectivity index (χ1) is 42.1. The summed E-state index contributed by atoms with van der Waals surface area (Å²) >= 11 is 0. The lowest BCUT2D eigenvalue weighted by atomic mass is 9.35. The molecule has 90 heavy (non-hydrogen) atoms. The Labute approximate surface area is 522 Å². The molecule has 0 spiro atoms. The van der Waals surface area contributed by atoms with Gasteiger partial charge in [-0.1, -0.05) is 46.3 Å². The van der Waals surface area contributed by atoms with Gasteiger partial charge in [-0.15, -0.1) is 0 Å². The number of hydrogen-bond donors (Lipinski definition) is 16. The number of fused-ring (bicyclic) bond motifs is 5. The first-order valence-corrected chi connectivity index (χ1v) is 31.7. The minimum atomic E-state index is -1.96. The van der Waals surface area contributed by atoms with Crippen molar-refractivity contribution in [3.05, 3.63) is 11.6 Å². The van der Waals surface area contributed by atoms with E-state index in [1.165, 1.54) is 0 Å². The van der Waals surface area contributed by atoms with Crippen molar-refractivity contribution < 1.29 is 143 Å². The highest BCUT2D eigenvalue weighted by Gasteiger charge is 2.72. The van der Waals surface area contributed by atoms with Crippen LogP contribution < -0.4 is 0 Å². The van der Waals surface area contributed by atoms with Crippen molar-refractivity contribution in [1.29, 1.82) is 0 Å². The van der Waals surface area contributed by atoms with Crippen molar-refractivity contribution in [1.82, 2.24) is 0 Å². The van der Waals surface area contributed by atoms with Crippen LogP contribution in [0.4, 0.5) is 0 Å². The molecule has 16 N–H and O–H groups in total. The van der Waals surface area contributed by atoms with Crippen molar-refractivity contribution in [2.75, 3.05) is 33.0 Å². The lowest BCUT2D eigenvalue weighted by molar-refractivity contribution is -0.378. The molecule has 5 saturated heterocycles. The number of esters is 1. The molecule has 0 bridgehead atoms. The zero-order chi connectivity index (χ0) is 66.1. The summed E-state index contributed by atoms with van der Waals surface area (Å²) in [6, 6.07) is 0. The van der Waals surface area contributed by atoms with E-state index in [2.05, 4.69) is 40.7 Å². The minimum Gasteiger partial charge on any atom is -0.481 e. The Hall–Kier alpha value is -2.32. The Balaban J connectivity index is 0.888. The van der Waals surface area contributed by atoms with E-state index in [0.29, 0.717) is 44.9 Å². The van der Waals surface area contributed by atoms with E-state index >= 15 is 0 Å². The molecule has 9 fully saturated rings. The molecular formula is C61H100O29. The summed E-state index contributed by atoms with van der Waals surface area (Å²) in [5.41, 5.74) is -1.92. The molecule has 5 heterocycles. The van der Waals surface area contributed by atoms with Crippen LogP contribution in [0.5, 0.6) is 0 Å². The summed E-state index contributed by atoms with van der Waals surface area (Å²) < 4.78 is 65.4. The van der Waals surface area contributed by atoms with Crippen molar-refractivity contribution in [3.8, 4) is 0 Å². The molecule has 29 nitrogen and oxygen atoms in total. The van der Waals surface area contributed by atoms with Gasteiger partial charge in [0.2, 0.25) is 0 Å². The van der Waals surface area contributed by atoms with Crippen LogP contribution in [0.1, 0.15) is 120 Å². The van der Waals surface area contributed by atoms with Gasteiger partial charge in [0.1, 0.15) is 123 Å². The van der Waals surface area contributed by atoms with E-state index in [0.717, 1.165) is 18.4 Å². The summed E-state index contributed by atoms with van der Waals surface area (Å²) in [5.74, 6) is -3.34. The predicted molar refractivity (Wildman–Crippen MR) is 303 cm³/mol. The number of ether oxygens (including phenoxy) is 11. The maximum absolute atomic E-state index is 12.9. The van der Waals surface area contributed by atoms with Gasteiger partial charge in [0.15, 0.2) is 31.5 Å². The fourth-order valence-electron chi connectivity index (χ4n) is 17.5. The van der Waals surface area contributed by atoms with Gasteiger partial charge in [-0.25, -0.2) is 0 Å². The molecule has 0 aromatic heterocycles. The SMILES string of the molecule is CC(C)=CCC[C@](C)(O[C@@H]1O[C@H](CO[C@@H]2OC[C@H](O[C@@H]3OC[C@@H](O)[C@H](O)[C@H]3O)[C@H](O)[C@H]2O)[C@@H](O)[C@H](O)[C@H]1O)[C@H]1CC[C@]2(C)[C@@H]1[C@H](O)C[C@@H]1[C@@]3(C)CC[C@H](O[C@@H]4O[C@H](CO)[C@@H](O)[C@H](O)[C@H]4O[C@@H]4O[C@H](COC(=O)CC(=O)O)[C@@H](O)[C@H](O)[C@H]4O)C(C)(C)[C@@H]3CC[C@]12C. The third-order valence-corrected chi connectivity index (χ3v) is 22.8. The lowest BCUT2D eigenvalue weighted by Crippen LogP contribution is -2.68. The number of carboxylic acid groups (broad SMARTS) is 1. The van der Waals surface area contributed by atoms with Crippen LogP contribution >= 0.6 is 0 Å². The zero-order valence-electron chi connectivity index (χ0n) is 52.4. The van der Waals surface area contributed by atoms with E-state index in [1.807, 2.05) is 20.8 Å². The lowest BCUT2D eigenvalue weighted by Gasteiger charge is -2.71. The van der Waals surface area contributed by atoms with Gasteiger partial charge < -0.3 is 134 Å². The Kier molecular flexibility index (Phi) is 22.4. The molecule has 9 rings (SSSR count). The Morgan fingerprint density at radius 3 is 1.82 bits per heavy atom. The summed E-state index contributed by atoms with van der Waals surface area (Å²) in [6.07, 6.45) is -32.8. The number of hydrogen-bond acceptors (Lipinski definition) is 28. The van der Waals surface area contributed by atoms with E-state index in [-0.39, 0.29) is 47.7 Å². The number of carbonyl (C=O) groups excluding carboxylic acids is 1. The van der Waals surface area contributed by atoms with Gasteiger partial charge in [-0.05, 0) is 124 Å². The third-order valence-electron chi connectivity index (χ3n) is 22.8. The Morgan fingerprint density at radius 1 is 0.578 bits per heavy atom. The maximum atomic E-state index is 12.9. The molecule has 518 valence electrons. The maximum Gasteiger partial charge on any atom is 0.317 e. The first-order valence-electron chi connectivity index (χ1n) is 31.7. The minimum absolute atomic E-state index is 0.0208. The third kappa shape index (κ3) is 13.6. The second-order valence-corrected chi connectivity index (χ2v) is 28.7. The van der Waals surface area contributed by atoms with Crippen LogP contribution in [0.15, 0.2) is 11.6 Å². The van der Waals surface area contributed by atoms with Gasteiger partial charge in [-0.3, -0.25) is 9.59 Å². The Bertz CT molecular complexity index is 2460. The highest BCUT2D eigenvalue weighted by atomic mass is 16.8. The highest BCUT2D eigenvalue weighted by Crippen LogP contribution is 2.76. The normalized spacial score (nSPS) is 50.1. The molecule has 4 saturated carbocycles. The predicted octanol–water partition coefficient (Wildman–Crippen LogP) is -3.07. The van der Waals surface area contributed by atoms with Crippen molar-refractivity contribution in [2.24, 2.45) is 45.3 Å². The van der Waals surface area contributed by atoms with Gasteiger partial charge in [0.25, 0.3) is 0 Å². The summed E-state index contributed by atoms with van der Waals surface area (Å²) in [4.78, 5) is 23.1. The molecule has 0 aromatic carbocycles. The number of allylic oxidation sites excluding steroid dienone is 2. The standard InChI is InChI=1S/C61H100O29/c1-25(2)10-9-14-61(8,90-55-50(79)45(74)42(71)31(87-55)23-82-52-48(77)43(72)32(24-83-52)85-53-47(76)39(68)28(64)21-81-53)26-11-16-60(7)38(26)27(63)18-34-58(5)15-13-35(57(3,4)33(58)12-17-59(34,60)6)88-56-51(46(75)40(69)29(20-62)84-56)89-54-49(78)44(73)41(70)30(86-54)22-80-37(67)19-36(65)66/h10,26-35,38-56,62-64,68-79H,9,11-24H2,1-8H3,(H,65,66)/t26-,27+,28+,29+,30+,31+,32-,33-,34+,35-,38-,39-,40+,41+,42+,43-,44-,45-,46-,47+,48+,49+,50+,51+,52+,53-,54-,55-,56-,58-,59+,60+,61-/m0/s1. The van der Waals surface area contributed by atoms with Crippen molar-refractivity contribution in [2.45, 2.75) is 279 Å². The second kappa shape index (κ2) is 28.0. The van der Waals surface area contributed by atoms with E-state index in [9.17, 15) is 86.2 Å². The van der Waals surface area contributed by atoms with Crippen LogP contribution in [0.2, 0.25) is 0 Å². The molecule has 29 heteroatoms. The van der Waals surface area contributed by atoms with Crippen LogP contribution in [-0.2, 0) is 61.7 Å². The zero-order valence-corrected chi connectivity index (χ0v) is 52.4. The van der Waals surface area contributed by atoms with Gasteiger partial charge in [-0.2, -0.15) is 0 Å². The van der Waals surface area contributed by atoms with Gasteiger partial charge >= 0.3 is 11.9 Å². The summed E-state index contributed by atoms with van der Waals surface area (Å²) in [7, 11) is 0. The Morgan fingerprint density at radius 2 is 1.17 bits per heavy atom. The van der Waals surface area contributed by atoms with Gasteiger partial charge in [0.05, 0.1) is 44.2 Å². The topological polar surface area (TPSA) is 459 Å². The monoisotopic (exact) mass is 1300 g/mol. The molecule has 0 radical (unpaired) electrons. The summed E-state index contributed by atoms with van der Waals surface area (Å²) in [5, 5.41) is 174. The highest BCUT2D eigenvalue weighted by molar-refractivity contribution is 5.90. The van der Waals surface area contributed by atoms with Gasteiger partial charge in [0, 0.05) is 0 Å².